The molecule has 5 heteroatoms. The van der Waals surface area contributed by atoms with E-state index in [4.69, 9.17) is 21.3 Å². The molecule has 0 aliphatic rings. The van der Waals surface area contributed by atoms with E-state index in [1.807, 2.05) is 24.3 Å². The van der Waals surface area contributed by atoms with Crippen molar-refractivity contribution in [3.8, 4) is 16.9 Å². The smallest absolute Gasteiger partial charge is 0.119 e. The summed E-state index contributed by atoms with van der Waals surface area (Å²) in [5.74, 6) is 0.822. The Morgan fingerprint density at radius 3 is 2.37 bits per heavy atom. The zero-order valence-electron chi connectivity index (χ0n) is 22.1. The van der Waals surface area contributed by atoms with Crippen molar-refractivity contribution < 1.29 is 4.74 Å². The number of methoxy groups -OCH3 is 1. The molecular formula is C33H34ClN3O. The van der Waals surface area contributed by atoms with E-state index in [1.165, 1.54) is 16.7 Å². The molecule has 0 bridgehead atoms. The van der Waals surface area contributed by atoms with Crippen LogP contribution in [0.25, 0.3) is 32.9 Å². The molecule has 4 aromatic carbocycles. The summed E-state index contributed by atoms with van der Waals surface area (Å²) in [6.45, 7) is 6.17. The first kappa shape index (κ1) is 26.0. The van der Waals surface area contributed by atoms with Crippen LogP contribution >= 0.6 is 11.6 Å². The van der Waals surface area contributed by atoms with Gasteiger partial charge in [0.05, 0.1) is 23.8 Å². The molecule has 194 valence electrons. The van der Waals surface area contributed by atoms with Crippen LogP contribution in [0.2, 0.25) is 5.02 Å². The maximum absolute atomic E-state index is 6.28. The van der Waals surface area contributed by atoms with Gasteiger partial charge in [-0.25, -0.2) is 4.98 Å². The van der Waals surface area contributed by atoms with Crippen LogP contribution in [0, 0.1) is 0 Å². The number of rotatable bonds is 11. The molecule has 1 heterocycles. The number of benzene rings is 4. The van der Waals surface area contributed by atoms with Gasteiger partial charge in [0.25, 0.3) is 0 Å². The molecule has 4 nitrogen and oxygen atoms in total. The van der Waals surface area contributed by atoms with Crippen molar-refractivity contribution in [2.75, 3.05) is 32.1 Å². The second-order valence-electron chi connectivity index (χ2n) is 9.65. The summed E-state index contributed by atoms with van der Waals surface area (Å²) in [6, 6.07) is 31.4. The third-order valence-corrected chi connectivity index (χ3v) is 7.14. The highest BCUT2D eigenvalue weighted by atomic mass is 35.5. The van der Waals surface area contributed by atoms with Gasteiger partial charge in [0.15, 0.2) is 0 Å². The van der Waals surface area contributed by atoms with Crippen LogP contribution in [0.3, 0.4) is 0 Å². The average molecular weight is 524 g/mol. The lowest BCUT2D eigenvalue weighted by Gasteiger charge is -2.22. The molecular weight excluding hydrogens is 490 g/mol. The van der Waals surface area contributed by atoms with Gasteiger partial charge >= 0.3 is 0 Å². The number of aromatic nitrogens is 1. The Kier molecular flexibility index (Phi) is 8.42. The molecule has 0 saturated carbocycles. The van der Waals surface area contributed by atoms with Gasteiger partial charge < -0.3 is 10.1 Å². The minimum atomic E-state index is 0.691. The SMILES string of the molecule is CCCN(CCCNc1c2ccc(Cl)cc2nc2ccc(OC)cc12)Cc1ccc(-c2ccccc2)cc1. The van der Waals surface area contributed by atoms with Crippen molar-refractivity contribution in [3.63, 3.8) is 0 Å². The molecule has 0 aliphatic heterocycles. The first-order chi connectivity index (χ1) is 18.6. The van der Waals surface area contributed by atoms with E-state index in [-0.39, 0.29) is 0 Å². The molecule has 5 rings (SSSR count). The van der Waals surface area contributed by atoms with Crippen molar-refractivity contribution in [2.24, 2.45) is 0 Å². The van der Waals surface area contributed by atoms with E-state index in [1.54, 1.807) is 7.11 Å². The molecule has 1 N–H and O–H groups in total. The lowest BCUT2D eigenvalue weighted by atomic mass is 10.0. The van der Waals surface area contributed by atoms with E-state index in [0.717, 1.165) is 72.3 Å². The van der Waals surface area contributed by atoms with Crippen molar-refractivity contribution in [2.45, 2.75) is 26.3 Å². The Hall–Kier alpha value is -3.60. The molecule has 0 spiro atoms. The summed E-state index contributed by atoms with van der Waals surface area (Å²) in [6.07, 6.45) is 2.17. The predicted molar refractivity (Wildman–Crippen MR) is 161 cm³/mol. The molecule has 0 amide bonds. The zero-order chi connectivity index (χ0) is 26.3. The summed E-state index contributed by atoms with van der Waals surface area (Å²) in [5, 5.41) is 6.54. The Bertz CT molecular complexity index is 1500. The number of halogens is 1. The fourth-order valence-electron chi connectivity index (χ4n) is 5.01. The van der Waals surface area contributed by atoms with E-state index in [2.05, 4.69) is 83.9 Å². The lowest BCUT2D eigenvalue weighted by Crippen LogP contribution is -2.26. The number of hydrogen-bond acceptors (Lipinski definition) is 4. The third kappa shape index (κ3) is 6.09. The van der Waals surface area contributed by atoms with Gasteiger partial charge in [-0.15, -0.1) is 0 Å². The van der Waals surface area contributed by atoms with E-state index in [0.29, 0.717) is 5.02 Å². The summed E-state index contributed by atoms with van der Waals surface area (Å²) in [4.78, 5) is 7.39. The van der Waals surface area contributed by atoms with Crippen LogP contribution in [0.15, 0.2) is 91.0 Å². The Balaban J connectivity index is 1.27. The molecule has 0 unspecified atom stereocenters. The van der Waals surface area contributed by atoms with Gasteiger partial charge in [-0.2, -0.15) is 0 Å². The monoisotopic (exact) mass is 523 g/mol. The molecule has 0 radical (unpaired) electrons. The first-order valence-electron chi connectivity index (χ1n) is 13.3. The highest BCUT2D eigenvalue weighted by Crippen LogP contribution is 2.34. The normalized spacial score (nSPS) is 11.4. The van der Waals surface area contributed by atoms with Gasteiger partial charge in [0.1, 0.15) is 5.75 Å². The number of pyridine rings is 1. The van der Waals surface area contributed by atoms with Crippen molar-refractivity contribution >= 4 is 39.1 Å². The van der Waals surface area contributed by atoms with Gasteiger partial charge in [0.2, 0.25) is 0 Å². The number of nitrogens with one attached hydrogen (secondary N) is 1. The Morgan fingerprint density at radius 1 is 0.816 bits per heavy atom. The predicted octanol–water partition coefficient (Wildman–Crippen LogP) is 8.43. The largest absolute Gasteiger partial charge is 0.497 e. The maximum atomic E-state index is 6.28. The molecule has 0 aliphatic carbocycles. The zero-order valence-corrected chi connectivity index (χ0v) is 22.8. The minimum absolute atomic E-state index is 0.691. The Labute approximate surface area is 230 Å². The van der Waals surface area contributed by atoms with Crippen LogP contribution in [0.4, 0.5) is 5.69 Å². The summed E-state index contributed by atoms with van der Waals surface area (Å²) in [5.41, 5.74) is 6.76. The van der Waals surface area contributed by atoms with Crippen molar-refractivity contribution in [3.05, 3.63) is 102 Å². The Morgan fingerprint density at radius 2 is 1.61 bits per heavy atom. The summed E-state index contributed by atoms with van der Waals surface area (Å²) in [7, 11) is 1.69. The van der Waals surface area contributed by atoms with E-state index < -0.39 is 0 Å². The average Bonchev–Trinajstić information content (AvgIpc) is 2.95. The highest BCUT2D eigenvalue weighted by Gasteiger charge is 2.12. The molecule has 0 fully saturated rings. The van der Waals surface area contributed by atoms with Crippen LogP contribution in [0.1, 0.15) is 25.3 Å². The quantitative estimate of drug-likeness (QED) is 0.139. The van der Waals surface area contributed by atoms with Gasteiger partial charge in [-0.1, -0.05) is 73.1 Å². The summed E-state index contributed by atoms with van der Waals surface area (Å²) < 4.78 is 5.50. The summed E-state index contributed by atoms with van der Waals surface area (Å²) >= 11 is 6.28. The topological polar surface area (TPSA) is 37.4 Å². The molecule has 1 aromatic heterocycles. The number of hydrogen-bond donors (Lipinski definition) is 1. The lowest BCUT2D eigenvalue weighted by molar-refractivity contribution is 0.265. The van der Waals surface area contributed by atoms with E-state index >= 15 is 0 Å². The number of ether oxygens (including phenoxy) is 1. The molecule has 0 saturated heterocycles. The molecule has 5 aromatic rings. The molecule has 0 atom stereocenters. The fraction of sp³-hybridized carbons (Fsp3) is 0.242. The third-order valence-electron chi connectivity index (χ3n) is 6.90. The minimum Gasteiger partial charge on any atom is -0.497 e. The van der Waals surface area contributed by atoms with Gasteiger partial charge in [-0.3, -0.25) is 4.90 Å². The second-order valence-corrected chi connectivity index (χ2v) is 10.1. The van der Waals surface area contributed by atoms with Crippen molar-refractivity contribution in [1.29, 1.82) is 0 Å². The molecule has 38 heavy (non-hydrogen) atoms. The standard InChI is InChI=1S/C33H34ClN3O/c1-3-19-37(23-24-10-12-26(13-11-24)25-8-5-4-6-9-25)20-7-18-35-33-29-16-14-27(34)21-32(29)36-31-17-15-28(38-2)22-30(31)33/h4-6,8-17,21-22H,3,7,18-20,23H2,1-2H3,(H,35,36). The van der Waals surface area contributed by atoms with Gasteiger partial charge in [-0.05, 0) is 72.5 Å². The first-order valence-corrected chi connectivity index (χ1v) is 13.7. The van der Waals surface area contributed by atoms with Crippen LogP contribution in [0.5, 0.6) is 5.75 Å². The number of fused-ring (bicyclic) bond motifs is 2. The van der Waals surface area contributed by atoms with Crippen LogP contribution < -0.4 is 10.1 Å². The van der Waals surface area contributed by atoms with Gasteiger partial charge in [0, 0.05) is 35.4 Å². The fourth-order valence-corrected chi connectivity index (χ4v) is 5.17. The van der Waals surface area contributed by atoms with Crippen molar-refractivity contribution in [1.82, 2.24) is 9.88 Å². The van der Waals surface area contributed by atoms with Crippen LogP contribution in [-0.4, -0.2) is 36.6 Å². The highest BCUT2D eigenvalue weighted by molar-refractivity contribution is 6.31. The second kappa shape index (κ2) is 12.3. The van der Waals surface area contributed by atoms with Crippen LogP contribution in [-0.2, 0) is 6.54 Å². The van der Waals surface area contributed by atoms with E-state index in [9.17, 15) is 0 Å². The maximum Gasteiger partial charge on any atom is 0.119 e. The number of anilines is 1. The number of nitrogens with zero attached hydrogens (tertiary/aromatic N) is 2.